The highest BCUT2D eigenvalue weighted by molar-refractivity contribution is 5.89. The Balaban J connectivity index is 1.33. The maximum atomic E-state index is 13.5. The van der Waals surface area contributed by atoms with Crippen LogP contribution < -0.4 is 19.6 Å². The molecule has 4 aromatic rings. The molecule has 58 heavy (non-hydrogen) atoms. The Kier molecular flexibility index (Phi) is 12.3. The third-order valence-electron chi connectivity index (χ3n) is 9.65. The number of methoxy groups -OCH3 is 2. The Hall–Kier alpha value is -5.68. The zero-order chi connectivity index (χ0) is 42.2. The number of phenols is 4. The Morgan fingerprint density at radius 2 is 1.40 bits per heavy atom. The van der Waals surface area contributed by atoms with Gasteiger partial charge < -0.3 is 89.0 Å². The molecule has 6 rings (SSSR count). The number of aliphatic hydroxyl groups is 7. The van der Waals surface area contributed by atoms with Crippen LogP contribution in [0.3, 0.4) is 0 Å². The smallest absolute Gasteiger partial charge is 0.330 e. The lowest BCUT2D eigenvalue weighted by molar-refractivity contribution is -0.279. The van der Waals surface area contributed by atoms with Crippen molar-refractivity contribution in [3.8, 4) is 51.6 Å². The number of aliphatic hydroxyl groups excluding tert-OH is 7. The number of carbonyl (C=O) groups is 1. The maximum Gasteiger partial charge on any atom is 0.330 e. The number of phenolic OH excluding ortho intramolecular Hbond substituents is 4. The number of hydrogen-bond donors (Lipinski definition) is 11. The molecule has 11 N–H and O–H groups in total. The predicted molar refractivity (Wildman–Crippen MR) is 194 cm³/mol. The average Bonchev–Trinajstić information content (AvgIpc) is 3.20. The van der Waals surface area contributed by atoms with E-state index in [4.69, 9.17) is 32.8 Å². The third-order valence-corrected chi connectivity index (χ3v) is 9.65. The average molecular weight is 817 g/mol. The van der Waals surface area contributed by atoms with E-state index in [0.717, 1.165) is 30.3 Å². The summed E-state index contributed by atoms with van der Waals surface area (Å²) in [5.41, 5.74) is -1.39. The molecule has 0 saturated carbocycles. The molecule has 2 aliphatic heterocycles. The van der Waals surface area contributed by atoms with E-state index in [0.29, 0.717) is 5.56 Å². The van der Waals surface area contributed by atoms with Gasteiger partial charge >= 0.3 is 5.97 Å². The van der Waals surface area contributed by atoms with Gasteiger partial charge in [0.25, 0.3) is 0 Å². The zero-order valence-corrected chi connectivity index (χ0v) is 30.5. The molecule has 0 radical (unpaired) electrons. The highest BCUT2D eigenvalue weighted by Crippen LogP contribution is 2.46. The maximum absolute atomic E-state index is 13.5. The highest BCUT2D eigenvalue weighted by atomic mass is 16.7. The molecule has 2 saturated heterocycles. The van der Waals surface area contributed by atoms with E-state index in [-0.39, 0.29) is 28.6 Å². The van der Waals surface area contributed by atoms with Gasteiger partial charge in [-0.05, 0) is 42.0 Å². The van der Waals surface area contributed by atoms with Gasteiger partial charge in [0, 0.05) is 23.8 Å². The van der Waals surface area contributed by atoms with Gasteiger partial charge in [0.1, 0.15) is 89.8 Å². The van der Waals surface area contributed by atoms with E-state index < -0.39 is 125 Å². The van der Waals surface area contributed by atoms with Crippen LogP contribution in [0.2, 0.25) is 0 Å². The molecule has 10 atom stereocenters. The fraction of sp³-hybridized carbons (Fsp3) is 0.368. The van der Waals surface area contributed by atoms with Crippen molar-refractivity contribution in [2.45, 2.75) is 61.2 Å². The first-order valence-corrected chi connectivity index (χ1v) is 17.4. The Morgan fingerprint density at radius 3 is 2.03 bits per heavy atom. The number of benzene rings is 3. The number of carbonyl (C=O) groups excluding carboxylic acids is 1. The van der Waals surface area contributed by atoms with E-state index in [1.807, 2.05) is 0 Å². The molecular formula is C38H40O20. The van der Waals surface area contributed by atoms with Crippen molar-refractivity contribution >= 4 is 23.0 Å². The second kappa shape index (κ2) is 17.0. The van der Waals surface area contributed by atoms with E-state index in [1.54, 1.807) is 0 Å². The molecule has 3 aromatic carbocycles. The van der Waals surface area contributed by atoms with Gasteiger partial charge in [0.2, 0.25) is 12.0 Å². The molecule has 0 unspecified atom stereocenters. The lowest BCUT2D eigenvalue weighted by Gasteiger charge is -2.42. The van der Waals surface area contributed by atoms with Crippen LogP contribution in [0.25, 0.3) is 28.4 Å². The minimum Gasteiger partial charge on any atom is -0.506 e. The number of hydrogen-bond acceptors (Lipinski definition) is 20. The summed E-state index contributed by atoms with van der Waals surface area (Å²) in [5.74, 6) is -3.84. The first-order valence-electron chi connectivity index (χ1n) is 17.4. The molecule has 1 aromatic heterocycles. The number of esters is 1. The fourth-order valence-electron chi connectivity index (χ4n) is 6.49. The lowest BCUT2D eigenvalue weighted by Crippen LogP contribution is -2.60. The molecule has 0 aliphatic carbocycles. The van der Waals surface area contributed by atoms with Gasteiger partial charge in [-0.1, -0.05) is 0 Å². The van der Waals surface area contributed by atoms with E-state index in [2.05, 4.69) is 0 Å². The first kappa shape index (κ1) is 41.9. The quantitative estimate of drug-likeness (QED) is 0.0504. The van der Waals surface area contributed by atoms with Crippen LogP contribution in [0.15, 0.2) is 57.8 Å². The van der Waals surface area contributed by atoms with Crippen LogP contribution >= 0.6 is 0 Å². The Bertz CT molecular complexity index is 2210. The van der Waals surface area contributed by atoms with Gasteiger partial charge in [-0.2, -0.15) is 0 Å². The lowest BCUT2D eigenvalue weighted by atomic mass is 9.89. The predicted octanol–water partition coefficient (Wildman–Crippen LogP) is -0.743. The monoisotopic (exact) mass is 816 g/mol. The Morgan fingerprint density at radius 1 is 0.741 bits per heavy atom. The van der Waals surface area contributed by atoms with Gasteiger partial charge in [-0.3, -0.25) is 4.79 Å². The van der Waals surface area contributed by atoms with Crippen LogP contribution in [0, 0.1) is 0 Å². The summed E-state index contributed by atoms with van der Waals surface area (Å²) in [5, 5.41) is 115. The van der Waals surface area contributed by atoms with Crippen molar-refractivity contribution in [3.05, 3.63) is 69.9 Å². The summed E-state index contributed by atoms with van der Waals surface area (Å²) >= 11 is 0. The number of ether oxygens (including phenoxy) is 6. The van der Waals surface area contributed by atoms with Crippen molar-refractivity contribution in [1.82, 2.24) is 0 Å². The largest absolute Gasteiger partial charge is 0.506 e. The van der Waals surface area contributed by atoms with Crippen LogP contribution in [-0.4, -0.2) is 145 Å². The molecule has 20 nitrogen and oxygen atoms in total. The van der Waals surface area contributed by atoms with Gasteiger partial charge in [-0.15, -0.1) is 0 Å². The summed E-state index contributed by atoms with van der Waals surface area (Å²) in [6, 6.07) is 8.27. The van der Waals surface area contributed by atoms with Crippen LogP contribution in [0.1, 0.15) is 17.2 Å². The molecule has 3 heterocycles. The number of rotatable bonds is 11. The van der Waals surface area contributed by atoms with E-state index in [1.165, 1.54) is 38.5 Å². The van der Waals surface area contributed by atoms with Crippen molar-refractivity contribution in [3.63, 3.8) is 0 Å². The summed E-state index contributed by atoms with van der Waals surface area (Å²) in [6.45, 7) is -1.60. The summed E-state index contributed by atoms with van der Waals surface area (Å²) in [7, 11) is 2.63. The summed E-state index contributed by atoms with van der Waals surface area (Å²) in [4.78, 5) is 26.2. The normalized spacial score (nSPS) is 27.4. The van der Waals surface area contributed by atoms with Crippen molar-refractivity contribution in [2.75, 3.05) is 27.4 Å². The van der Waals surface area contributed by atoms with Crippen LogP contribution in [0.5, 0.6) is 40.2 Å². The Labute approximate surface area is 326 Å². The minimum atomic E-state index is -2.06. The minimum absolute atomic E-state index is 0.0549. The summed E-state index contributed by atoms with van der Waals surface area (Å²) < 4.78 is 38.6. The molecule has 2 fully saturated rings. The highest BCUT2D eigenvalue weighted by Gasteiger charge is 2.49. The van der Waals surface area contributed by atoms with E-state index >= 15 is 0 Å². The molecular weight excluding hydrogens is 776 g/mol. The number of fused-ring (bicyclic) bond motifs is 1. The standard InChI is InChI=1S/C38H40O20/c1-52-22-7-14(8-23(53-2)29(22)44)3-6-26(43)54-13-25-31(46)34(49)36(51)38(58-25)57-21-11-20-27(18(42)10-19(55-20)15-4-5-16(40)17(41)9-15)32(47)28(21)37-35(50)33(48)30(45)24(12-39)56-37/h3-11,24-25,30-31,33-41,44-51H,12-13H2,1-2H3/b6-3+/t24-,25-,30-,31-,33+,34+,35-,36-,37+,38-/m1/s1. The van der Waals surface area contributed by atoms with Gasteiger partial charge in [0.05, 0.1) is 26.4 Å². The van der Waals surface area contributed by atoms with Crippen LogP contribution in [-0.2, 0) is 19.0 Å². The second-order valence-electron chi connectivity index (χ2n) is 13.3. The molecule has 312 valence electrons. The van der Waals surface area contributed by atoms with Gasteiger partial charge in [0.15, 0.2) is 28.4 Å². The second-order valence-corrected chi connectivity index (χ2v) is 13.3. The fourth-order valence-corrected chi connectivity index (χ4v) is 6.49. The molecule has 0 amide bonds. The summed E-state index contributed by atoms with van der Waals surface area (Å²) in [6.07, 6.45) is -16.4. The molecule has 2 aliphatic rings. The third kappa shape index (κ3) is 8.05. The van der Waals surface area contributed by atoms with Crippen molar-refractivity contribution in [2.24, 2.45) is 0 Å². The molecule has 0 bridgehead atoms. The zero-order valence-electron chi connectivity index (χ0n) is 30.5. The van der Waals surface area contributed by atoms with Crippen LogP contribution in [0.4, 0.5) is 0 Å². The van der Waals surface area contributed by atoms with Crippen molar-refractivity contribution in [1.29, 1.82) is 0 Å². The van der Waals surface area contributed by atoms with E-state index in [9.17, 15) is 65.8 Å². The topological polar surface area (TPSA) is 325 Å². The van der Waals surface area contributed by atoms with Crippen molar-refractivity contribution < 1.29 is 93.8 Å². The molecule has 0 spiro atoms. The SMILES string of the molecule is COc1cc(/C=C/C(=O)OC[C@H]2O[C@@H](Oc3cc4oc(-c5ccc(O)c(O)c5)cc(=O)c4c(O)c3[C@@H]3O[C@H](CO)[C@@H](O)[C@H](O)[C@H]3O)[C@H](O)[C@@H](O)[C@@H]2O)cc(OC)c1O. The molecule has 20 heteroatoms. The van der Waals surface area contributed by atoms with Gasteiger partial charge in [-0.25, -0.2) is 4.79 Å². The number of aromatic hydroxyl groups is 4. The first-order chi connectivity index (χ1) is 27.6.